The average Bonchev–Trinajstić information content (AvgIpc) is 3.16. The number of amidine groups is 1. The fourth-order valence-electron chi connectivity index (χ4n) is 3.39. The van der Waals surface area contributed by atoms with Crippen LogP contribution in [0.4, 0.5) is 10.1 Å². The molecule has 1 saturated heterocycles. The first-order chi connectivity index (χ1) is 14.3. The molecule has 1 aromatic heterocycles. The highest BCUT2D eigenvalue weighted by molar-refractivity contribution is 8.18. The van der Waals surface area contributed by atoms with E-state index in [1.54, 1.807) is 12.1 Å². The minimum absolute atomic E-state index is 0.0719. The molecule has 3 aromatic rings. The number of aliphatic imine (C=N–C) groups is 1. The Labute approximate surface area is 183 Å². The van der Waals surface area contributed by atoms with Crippen LogP contribution in [0.2, 0.25) is 5.02 Å². The summed E-state index contributed by atoms with van der Waals surface area (Å²) in [7, 11) is 0. The number of benzene rings is 2. The molecule has 4 nitrogen and oxygen atoms in total. The van der Waals surface area contributed by atoms with Gasteiger partial charge in [0.15, 0.2) is 5.17 Å². The molecule has 1 amide bonds. The maximum Gasteiger partial charge on any atom is 0.264 e. The smallest absolute Gasteiger partial charge is 0.264 e. The lowest BCUT2D eigenvalue weighted by atomic mass is 10.2. The zero-order valence-corrected chi connectivity index (χ0v) is 18.2. The van der Waals surface area contributed by atoms with E-state index in [-0.39, 0.29) is 10.9 Å². The normalized spacial score (nSPS) is 16.5. The number of aromatic nitrogens is 1. The van der Waals surface area contributed by atoms with E-state index in [0.717, 1.165) is 33.9 Å². The molecule has 0 atom stereocenters. The summed E-state index contributed by atoms with van der Waals surface area (Å²) in [4.78, 5) is 17.5. The summed E-state index contributed by atoms with van der Waals surface area (Å²) in [5.41, 5.74) is 5.47. The molecule has 1 aliphatic rings. The molecular weight excluding hydrogens is 421 g/mol. The highest BCUT2D eigenvalue weighted by Gasteiger charge is 2.24. The van der Waals surface area contributed by atoms with E-state index < -0.39 is 5.82 Å². The summed E-state index contributed by atoms with van der Waals surface area (Å²) in [5, 5.41) is 3.44. The van der Waals surface area contributed by atoms with Gasteiger partial charge in [0.25, 0.3) is 5.91 Å². The van der Waals surface area contributed by atoms with Gasteiger partial charge < -0.3 is 9.88 Å². The molecule has 1 fully saturated rings. The number of hydrogen-bond acceptors (Lipinski definition) is 3. The summed E-state index contributed by atoms with van der Waals surface area (Å²) in [6, 6.07) is 14.4. The Morgan fingerprint density at radius 2 is 1.93 bits per heavy atom. The minimum atomic E-state index is -0.454. The van der Waals surface area contributed by atoms with Crippen LogP contribution >= 0.6 is 23.4 Å². The second-order valence-electron chi connectivity index (χ2n) is 7.08. The number of nitrogens with zero attached hydrogens (tertiary/aromatic N) is 2. The van der Waals surface area contributed by atoms with Gasteiger partial charge in [0.05, 0.1) is 15.6 Å². The minimum Gasteiger partial charge on any atom is -0.318 e. The first kappa shape index (κ1) is 20.4. The lowest BCUT2D eigenvalue weighted by molar-refractivity contribution is -0.115. The van der Waals surface area contributed by atoms with Crippen LogP contribution in [-0.4, -0.2) is 15.6 Å². The predicted molar refractivity (Wildman–Crippen MR) is 122 cm³/mol. The van der Waals surface area contributed by atoms with E-state index in [0.29, 0.717) is 10.1 Å². The second-order valence-corrected chi connectivity index (χ2v) is 8.52. The van der Waals surface area contributed by atoms with Crippen LogP contribution in [0, 0.1) is 26.6 Å². The van der Waals surface area contributed by atoms with Gasteiger partial charge >= 0.3 is 0 Å². The van der Waals surface area contributed by atoms with Crippen molar-refractivity contribution in [3.63, 3.8) is 0 Å². The van der Waals surface area contributed by atoms with E-state index in [9.17, 15) is 9.18 Å². The van der Waals surface area contributed by atoms with Crippen molar-refractivity contribution >= 4 is 46.2 Å². The van der Waals surface area contributed by atoms with Crippen LogP contribution < -0.4 is 5.32 Å². The lowest BCUT2D eigenvalue weighted by Gasteiger charge is -2.10. The Morgan fingerprint density at radius 1 is 1.13 bits per heavy atom. The number of hydrogen-bond donors (Lipinski definition) is 1. The van der Waals surface area contributed by atoms with Crippen molar-refractivity contribution < 1.29 is 9.18 Å². The Morgan fingerprint density at radius 3 is 2.67 bits per heavy atom. The maximum atomic E-state index is 13.5. The molecule has 7 heteroatoms. The van der Waals surface area contributed by atoms with E-state index >= 15 is 0 Å². The number of rotatable bonds is 3. The van der Waals surface area contributed by atoms with Gasteiger partial charge in [-0.2, -0.15) is 0 Å². The predicted octanol–water partition coefficient (Wildman–Crippen LogP) is 6.09. The van der Waals surface area contributed by atoms with Gasteiger partial charge in [-0.15, -0.1) is 0 Å². The molecule has 0 spiro atoms. The summed E-state index contributed by atoms with van der Waals surface area (Å²) < 4.78 is 15.5. The number of halogens is 2. The van der Waals surface area contributed by atoms with E-state index in [1.165, 1.54) is 17.8 Å². The quantitative estimate of drug-likeness (QED) is 0.502. The number of amides is 1. The summed E-state index contributed by atoms with van der Waals surface area (Å²) in [5.74, 6) is -0.634. The first-order valence-electron chi connectivity index (χ1n) is 9.32. The molecule has 152 valence electrons. The van der Waals surface area contributed by atoms with Gasteiger partial charge in [0.1, 0.15) is 5.82 Å². The van der Waals surface area contributed by atoms with Crippen LogP contribution in [0.5, 0.6) is 0 Å². The third kappa shape index (κ3) is 4.06. The van der Waals surface area contributed by atoms with Gasteiger partial charge in [-0.3, -0.25) is 4.79 Å². The van der Waals surface area contributed by atoms with Crippen LogP contribution in [0.3, 0.4) is 0 Å². The lowest BCUT2D eigenvalue weighted by Crippen LogP contribution is -2.19. The van der Waals surface area contributed by atoms with Gasteiger partial charge in [0.2, 0.25) is 0 Å². The number of carbonyl (C=O) groups excluding carboxylic acids is 1. The molecular formula is C23H19ClFN3OS. The Hall–Kier alpha value is -2.83. The standard InChI is InChI=1S/C23H19ClFN3OS/c1-13-5-4-6-17(9-13)26-23-27-22(29)21(30-23)11-16-10-14(2)28(15(16)3)18-7-8-20(25)19(24)12-18/h4-12H,1-3H3,(H,26,27,29)/b21-11+. The van der Waals surface area contributed by atoms with Gasteiger partial charge in [-0.05, 0) is 86.1 Å². The summed E-state index contributed by atoms with van der Waals surface area (Å²) >= 11 is 7.26. The van der Waals surface area contributed by atoms with Crippen molar-refractivity contribution in [3.8, 4) is 5.69 Å². The Kier molecular flexibility index (Phi) is 5.54. The first-order valence-corrected chi connectivity index (χ1v) is 10.5. The molecule has 1 aliphatic heterocycles. The van der Waals surface area contributed by atoms with Crippen LogP contribution in [-0.2, 0) is 4.79 Å². The van der Waals surface area contributed by atoms with Crippen molar-refractivity contribution in [2.24, 2.45) is 4.99 Å². The topological polar surface area (TPSA) is 46.4 Å². The molecule has 2 aromatic carbocycles. The SMILES string of the molecule is Cc1cccc(N=C2NC(=O)/C(=C\c3cc(C)n(-c4ccc(F)c(Cl)c4)c3C)S2)c1. The Bertz CT molecular complexity index is 1230. The molecule has 4 rings (SSSR count). The van der Waals surface area contributed by atoms with E-state index in [1.807, 2.05) is 61.7 Å². The van der Waals surface area contributed by atoms with Crippen molar-refractivity contribution in [3.05, 3.63) is 86.8 Å². The molecule has 2 heterocycles. The molecule has 0 saturated carbocycles. The van der Waals surface area contributed by atoms with Gasteiger partial charge in [-0.1, -0.05) is 23.7 Å². The van der Waals surface area contributed by atoms with Crippen molar-refractivity contribution in [1.82, 2.24) is 9.88 Å². The van der Waals surface area contributed by atoms with Crippen molar-refractivity contribution in [2.45, 2.75) is 20.8 Å². The van der Waals surface area contributed by atoms with Crippen molar-refractivity contribution in [2.75, 3.05) is 0 Å². The third-order valence-corrected chi connectivity index (χ3v) is 6.00. The summed E-state index contributed by atoms with van der Waals surface area (Å²) in [6.45, 7) is 5.91. The third-order valence-electron chi connectivity index (χ3n) is 4.80. The van der Waals surface area contributed by atoms with Gasteiger partial charge in [-0.25, -0.2) is 9.38 Å². The molecule has 1 N–H and O–H groups in total. The number of nitrogens with one attached hydrogen (secondary N) is 1. The highest BCUT2D eigenvalue weighted by Crippen LogP contribution is 2.31. The molecule has 0 unspecified atom stereocenters. The highest BCUT2D eigenvalue weighted by atomic mass is 35.5. The largest absolute Gasteiger partial charge is 0.318 e. The van der Waals surface area contributed by atoms with E-state index in [2.05, 4.69) is 10.3 Å². The van der Waals surface area contributed by atoms with Crippen LogP contribution in [0.25, 0.3) is 11.8 Å². The van der Waals surface area contributed by atoms with E-state index in [4.69, 9.17) is 11.6 Å². The van der Waals surface area contributed by atoms with Crippen LogP contribution in [0.15, 0.2) is 58.4 Å². The molecule has 0 bridgehead atoms. The van der Waals surface area contributed by atoms with Gasteiger partial charge in [0, 0.05) is 17.1 Å². The monoisotopic (exact) mass is 439 g/mol. The molecule has 30 heavy (non-hydrogen) atoms. The van der Waals surface area contributed by atoms with Crippen LogP contribution in [0.1, 0.15) is 22.5 Å². The second kappa shape index (κ2) is 8.13. The fourth-order valence-corrected chi connectivity index (χ4v) is 4.40. The zero-order valence-electron chi connectivity index (χ0n) is 16.7. The van der Waals surface area contributed by atoms with Crippen molar-refractivity contribution in [1.29, 1.82) is 0 Å². The maximum absolute atomic E-state index is 13.5. The number of aryl methyl sites for hydroxylation is 2. The zero-order chi connectivity index (χ0) is 21.4. The summed E-state index contributed by atoms with van der Waals surface area (Å²) in [6.07, 6.45) is 1.85. The molecule has 0 radical (unpaired) electrons. The average molecular weight is 440 g/mol. The number of carbonyl (C=O) groups is 1. The fraction of sp³-hybridized carbons (Fsp3) is 0.130. The Balaban J connectivity index is 1.65. The number of thioether (sulfide) groups is 1. The molecule has 0 aliphatic carbocycles.